The first-order valence-corrected chi connectivity index (χ1v) is 15.2. The standard InChI is InChI=1S/C38H24S2/c1-3-15-29-25(9-1)11-5-17-33(29)39-35-19-7-13-27-21-24-32-31(37(27)35)23-22-28-14-8-20-36(38(28)32)40-34-18-6-12-26-10-2-4-16-30(26)34/h1-24H. The van der Waals surface area contributed by atoms with Crippen LogP contribution in [0.25, 0.3) is 53.9 Å². The largest absolute Gasteiger partial charge is 0.0888 e. The van der Waals surface area contributed by atoms with Crippen molar-refractivity contribution in [2.75, 3.05) is 0 Å². The van der Waals surface area contributed by atoms with Gasteiger partial charge in [-0.2, -0.15) is 0 Å². The van der Waals surface area contributed by atoms with Crippen LogP contribution in [0.2, 0.25) is 0 Å². The van der Waals surface area contributed by atoms with Gasteiger partial charge in [-0.15, -0.1) is 0 Å². The van der Waals surface area contributed by atoms with Crippen molar-refractivity contribution in [3.63, 3.8) is 0 Å². The van der Waals surface area contributed by atoms with Gasteiger partial charge in [-0.3, -0.25) is 0 Å². The fraction of sp³-hybridized carbons (Fsp3) is 0. The first-order valence-electron chi connectivity index (χ1n) is 13.5. The minimum Gasteiger partial charge on any atom is -0.0888 e. The third-order valence-electron chi connectivity index (χ3n) is 7.74. The minimum atomic E-state index is 1.27. The highest BCUT2D eigenvalue weighted by Crippen LogP contribution is 2.44. The SMILES string of the molecule is c1ccc2c(Sc3cccc4ccc5c(ccc6cccc(Sc7cccc8ccccc78)c65)c34)cccc2c1. The Kier molecular flexibility index (Phi) is 5.76. The van der Waals surface area contributed by atoms with E-state index in [1.165, 1.54) is 73.4 Å². The highest BCUT2D eigenvalue weighted by Gasteiger charge is 2.14. The van der Waals surface area contributed by atoms with E-state index in [1.54, 1.807) is 0 Å². The molecule has 40 heavy (non-hydrogen) atoms. The molecule has 0 amide bonds. The van der Waals surface area contributed by atoms with Gasteiger partial charge in [0.1, 0.15) is 0 Å². The van der Waals surface area contributed by atoms with E-state index in [0.717, 1.165) is 0 Å². The monoisotopic (exact) mass is 544 g/mol. The summed E-state index contributed by atoms with van der Waals surface area (Å²) >= 11 is 3.74. The topological polar surface area (TPSA) is 0 Å². The molecular weight excluding hydrogens is 521 g/mol. The Labute approximate surface area is 241 Å². The van der Waals surface area contributed by atoms with E-state index in [1.807, 2.05) is 23.5 Å². The Balaban J connectivity index is 1.34. The van der Waals surface area contributed by atoms with E-state index in [0.29, 0.717) is 0 Å². The fourth-order valence-corrected chi connectivity index (χ4v) is 8.20. The molecule has 0 bridgehead atoms. The van der Waals surface area contributed by atoms with Gasteiger partial charge in [0.15, 0.2) is 0 Å². The van der Waals surface area contributed by atoms with Gasteiger partial charge >= 0.3 is 0 Å². The Morgan fingerprint density at radius 2 is 0.625 bits per heavy atom. The third-order valence-corrected chi connectivity index (χ3v) is 10.0. The smallest absolute Gasteiger partial charge is 0.0207 e. The van der Waals surface area contributed by atoms with Crippen LogP contribution >= 0.6 is 23.5 Å². The van der Waals surface area contributed by atoms with Crippen molar-refractivity contribution in [3.05, 3.63) is 146 Å². The van der Waals surface area contributed by atoms with Gasteiger partial charge in [0.25, 0.3) is 0 Å². The lowest BCUT2D eigenvalue weighted by molar-refractivity contribution is 1.49. The van der Waals surface area contributed by atoms with Gasteiger partial charge in [-0.1, -0.05) is 145 Å². The Hall–Kier alpha value is -4.24. The number of rotatable bonds is 4. The highest BCUT2D eigenvalue weighted by molar-refractivity contribution is 8.00. The van der Waals surface area contributed by atoms with Gasteiger partial charge in [0, 0.05) is 30.4 Å². The van der Waals surface area contributed by atoms with Crippen LogP contribution in [-0.2, 0) is 0 Å². The van der Waals surface area contributed by atoms with Crippen LogP contribution in [0.15, 0.2) is 165 Å². The van der Waals surface area contributed by atoms with Gasteiger partial charge < -0.3 is 0 Å². The second-order valence-corrected chi connectivity index (χ2v) is 12.3. The molecule has 0 heterocycles. The third kappa shape index (κ3) is 3.95. The molecule has 0 unspecified atom stereocenters. The Morgan fingerprint density at radius 1 is 0.250 bits per heavy atom. The number of hydrogen-bond donors (Lipinski definition) is 0. The maximum absolute atomic E-state index is 2.32. The highest BCUT2D eigenvalue weighted by atomic mass is 32.2. The zero-order valence-corrected chi connectivity index (χ0v) is 23.3. The Morgan fingerprint density at radius 3 is 1.10 bits per heavy atom. The van der Waals surface area contributed by atoms with E-state index >= 15 is 0 Å². The molecule has 2 heteroatoms. The molecule has 188 valence electrons. The number of hydrogen-bond acceptors (Lipinski definition) is 2. The maximum Gasteiger partial charge on any atom is 0.0207 e. The molecule has 8 aromatic carbocycles. The van der Waals surface area contributed by atoms with Crippen molar-refractivity contribution in [3.8, 4) is 0 Å². The Bertz CT molecular complexity index is 2060. The molecule has 8 rings (SSSR count). The van der Waals surface area contributed by atoms with Gasteiger partial charge in [0.05, 0.1) is 0 Å². The molecule has 0 aliphatic rings. The maximum atomic E-state index is 2.32. The molecule has 0 nitrogen and oxygen atoms in total. The van der Waals surface area contributed by atoms with Crippen LogP contribution in [0.4, 0.5) is 0 Å². The zero-order chi connectivity index (χ0) is 26.5. The molecule has 0 spiro atoms. The summed E-state index contributed by atoms with van der Waals surface area (Å²) in [7, 11) is 0. The van der Waals surface area contributed by atoms with Crippen molar-refractivity contribution in [2.24, 2.45) is 0 Å². The van der Waals surface area contributed by atoms with Gasteiger partial charge in [-0.05, 0) is 67.4 Å². The van der Waals surface area contributed by atoms with E-state index in [4.69, 9.17) is 0 Å². The lowest BCUT2D eigenvalue weighted by Gasteiger charge is -2.15. The van der Waals surface area contributed by atoms with E-state index in [2.05, 4.69) is 146 Å². The predicted molar refractivity (Wildman–Crippen MR) is 175 cm³/mol. The molecule has 0 saturated heterocycles. The summed E-state index contributed by atoms with van der Waals surface area (Å²) in [4.78, 5) is 5.15. The van der Waals surface area contributed by atoms with E-state index in [9.17, 15) is 0 Å². The molecular formula is C38H24S2. The summed E-state index contributed by atoms with van der Waals surface area (Å²) in [6.07, 6.45) is 0. The average Bonchev–Trinajstić information content (AvgIpc) is 3.01. The van der Waals surface area contributed by atoms with Crippen LogP contribution < -0.4 is 0 Å². The number of fused-ring (bicyclic) bond motifs is 7. The molecule has 8 aromatic rings. The summed E-state index contributed by atoms with van der Waals surface area (Å²) in [6.45, 7) is 0. The summed E-state index contributed by atoms with van der Waals surface area (Å²) in [5, 5.41) is 13.0. The summed E-state index contributed by atoms with van der Waals surface area (Å²) in [5.74, 6) is 0. The second-order valence-electron chi connectivity index (χ2n) is 10.1. The van der Waals surface area contributed by atoms with Gasteiger partial charge in [-0.25, -0.2) is 0 Å². The van der Waals surface area contributed by atoms with Crippen molar-refractivity contribution in [1.29, 1.82) is 0 Å². The molecule has 0 aliphatic heterocycles. The van der Waals surface area contributed by atoms with Crippen molar-refractivity contribution in [1.82, 2.24) is 0 Å². The van der Waals surface area contributed by atoms with E-state index < -0.39 is 0 Å². The molecule has 0 radical (unpaired) electrons. The lowest BCUT2D eigenvalue weighted by Crippen LogP contribution is -1.86. The van der Waals surface area contributed by atoms with Crippen molar-refractivity contribution < 1.29 is 0 Å². The average molecular weight is 545 g/mol. The van der Waals surface area contributed by atoms with Crippen molar-refractivity contribution >= 4 is 77.4 Å². The van der Waals surface area contributed by atoms with Crippen LogP contribution in [0.1, 0.15) is 0 Å². The quantitative estimate of drug-likeness (QED) is 0.202. The first-order chi connectivity index (χ1) is 19.8. The molecule has 0 fully saturated rings. The van der Waals surface area contributed by atoms with Crippen LogP contribution in [-0.4, -0.2) is 0 Å². The van der Waals surface area contributed by atoms with Crippen LogP contribution in [0.3, 0.4) is 0 Å². The van der Waals surface area contributed by atoms with Crippen molar-refractivity contribution in [2.45, 2.75) is 19.6 Å². The zero-order valence-electron chi connectivity index (χ0n) is 21.7. The summed E-state index contributed by atoms with van der Waals surface area (Å²) in [5.41, 5.74) is 0. The van der Waals surface area contributed by atoms with E-state index in [-0.39, 0.29) is 0 Å². The van der Waals surface area contributed by atoms with Crippen LogP contribution in [0.5, 0.6) is 0 Å². The summed E-state index contributed by atoms with van der Waals surface area (Å²) in [6, 6.07) is 53.2. The normalized spacial score (nSPS) is 11.7. The molecule has 0 N–H and O–H groups in total. The molecule has 0 aliphatic carbocycles. The molecule has 0 atom stereocenters. The second kappa shape index (κ2) is 9.75. The molecule has 0 saturated carbocycles. The van der Waals surface area contributed by atoms with Gasteiger partial charge in [0.2, 0.25) is 0 Å². The lowest BCUT2D eigenvalue weighted by atomic mass is 9.97. The minimum absolute atomic E-state index is 1.27. The predicted octanol–water partition coefficient (Wildman–Crippen LogP) is 11.8. The first kappa shape index (κ1) is 23.6. The fourth-order valence-electron chi connectivity index (χ4n) is 5.89. The van der Waals surface area contributed by atoms with Crippen LogP contribution in [0, 0.1) is 0 Å². The number of benzene rings is 8. The molecule has 0 aromatic heterocycles. The summed E-state index contributed by atoms with van der Waals surface area (Å²) < 4.78 is 0.